The summed E-state index contributed by atoms with van der Waals surface area (Å²) in [6.45, 7) is 0. The Bertz CT molecular complexity index is 776. The van der Waals surface area contributed by atoms with Crippen LogP contribution in [-0.4, -0.2) is 10.8 Å². The number of nitrogens with one attached hydrogen (secondary N) is 1. The lowest BCUT2D eigenvalue weighted by molar-refractivity contribution is -0.384. The number of aryl methyl sites for hydroxylation is 1. The Morgan fingerprint density at radius 3 is 2.83 bits per heavy atom. The molecule has 1 aliphatic carbocycles. The second kappa shape index (κ2) is 6.38. The Morgan fingerprint density at radius 2 is 2.04 bits per heavy atom. The van der Waals surface area contributed by atoms with E-state index < -0.39 is 4.92 Å². The minimum Gasteiger partial charge on any atom is -0.325 e. The summed E-state index contributed by atoms with van der Waals surface area (Å²) in [6, 6.07) is 12.2. The molecule has 6 heteroatoms. The number of hydrogen-bond acceptors (Lipinski definition) is 3. The van der Waals surface area contributed by atoms with Crippen molar-refractivity contribution in [2.45, 2.75) is 25.2 Å². The predicted octanol–water partition coefficient (Wildman–Crippen LogP) is 4.31. The fraction of sp³-hybridized carbons (Fsp3) is 0.235. The highest BCUT2D eigenvalue weighted by Gasteiger charge is 2.26. The van der Waals surface area contributed by atoms with Crippen molar-refractivity contribution in [1.29, 1.82) is 0 Å². The maximum absolute atomic E-state index is 12.6. The average Bonchev–Trinajstić information content (AvgIpc) is 2.55. The zero-order chi connectivity index (χ0) is 16.4. The molecule has 2 aromatic rings. The largest absolute Gasteiger partial charge is 0.325 e. The highest BCUT2D eigenvalue weighted by molar-refractivity contribution is 6.32. The monoisotopic (exact) mass is 330 g/mol. The molecule has 0 bridgehead atoms. The number of rotatable bonds is 3. The summed E-state index contributed by atoms with van der Waals surface area (Å²) in [4.78, 5) is 23.0. The Labute approximate surface area is 138 Å². The van der Waals surface area contributed by atoms with E-state index in [9.17, 15) is 14.9 Å². The van der Waals surface area contributed by atoms with Gasteiger partial charge in [0.15, 0.2) is 0 Å². The zero-order valence-corrected chi connectivity index (χ0v) is 13.0. The maximum Gasteiger partial charge on any atom is 0.289 e. The molecule has 0 spiro atoms. The van der Waals surface area contributed by atoms with Gasteiger partial charge in [0.05, 0.1) is 10.8 Å². The lowest BCUT2D eigenvalue weighted by Gasteiger charge is -2.24. The van der Waals surface area contributed by atoms with Crippen LogP contribution >= 0.6 is 11.6 Å². The first-order valence-corrected chi connectivity index (χ1v) is 7.76. The van der Waals surface area contributed by atoms with Gasteiger partial charge >= 0.3 is 0 Å². The third kappa shape index (κ3) is 3.19. The Kier molecular flexibility index (Phi) is 4.30. The summed E-state index contributed by atoms with van der Waals surface area (Å²) in [5, 5.41) is 13.8. The molecule has 0 aromatic heterocycles. The van der Waals surface area contributed by atoms with Crippen LogP contribution in [-0.2, 0) is 11.2 Å². The van der Waals surface area contributed by atoms with Crippen LogP contribution in [0.1, 0.15) is 29.9 Å². The molecule has 3 rings (SSSR count). The van der Waals surface area contributed by atoms with Crippen LogP contribution < -0.4 is 5.32 Å². The van der Waals surface area contributed by atoms with Crippen molar-refractivity contribution in [2.75, 3.05) is 5.32 Å². The molecule has 1 unspecified atom stereocenters. The number of halogens is 1. The number of nitro groups is 1. The number of nitro benzene ring substituents is 1. The summed E-state index contributed by atoms with van der Waals surface area (Å²) >= 11 is 5.79. The molecule has 0 aliphatic heterocycles. The number of benzene rings is 2. The normalized spacial score (nSPS) is 16.5. The van der Waals surface area contributed by atoms with Crippen LogP contribution in [0.15, 0.2) is 42.5 Å². The van der Waals surface area contributed by atoms with Crippen LogP contribution in [0.3, 0.4) is 0 Å². The van der Waals surface area contributed by atoms with E-state index in [0.29, 0.717) is 5.69 Å². The lowest BCUT2D eigenvalue weighted by Crippen LogP contribution is -2.24. The number of nitrogens with zero attached hydrogens (tertiary/aromatic N) is 1. The van der Waals surface area contributed by atoms with E-state index in [4.69, 9.17) is 11.6 Å². The molecule has 1 aliphatic rings. The van der Waals surface area contributed by atoms with E-state index in [1.54, 1.807) is 6.07 Å². The third-order valence-corrected chi connectivity index (χ3v) is 4.42. The second-order valence-corrected chi connectivity index (χ2v) is 5.96. The molecule has 0 saturated heterocycles. The average molecular weight is 331 g/mol. The number of amides is 1. The molecule has 0 saturated carbocycles. The van der Waals surface area contributed by atoms with Gasteiger partial charge in [-0.2, -0.15) is 0 Å². The summed E-state index contributed by atoms with van der Waals surface area (Å²) in [5.74, 6) is -0.372. The first-order valence-electron chi connectivity index (χ1n) is 7.39. The first kappa shape index (κ1) is 15.5. The van der Waals surface area contributed by atoms with Crippen LogP contribution in [0, 0.1) is 10.1 Å². The molecule has 2 aromatic carbocycles. The summed E-state index contributed by atoms with van der Waals surface area (Å²) in [6.07, 6.45) is 2.71. The molecule has 0 heterocycles. The van der Waals surface area contributed by atoms with Gasteiger partial charge in [-0.05, 0) is 42.5 Å². The fourth-order valence-electron chi connectivity index (χ4n) is 2.99. The topological polar surface area (TPSA) is 72.2 Å². The number of hydrogen-bond donors (Lipinski definition) is 1. The Morgan fingerprint density at radius 1 is 1.26 bits per heavy atom. The van der Waals surface area contributed by atoms with Gasteiger partial charge in [-0.15, -0.1) is 0 Å². The van der Waals surface area contributed by atoms with E-state index >= 15 is 0 Å². The summed E-state index contributed by atoms with van der Waals surface area (Å²) in [7, 11) is 0. The minimum absolute atomic E-state index is 0.0519. The molecule has 23 heavy (non-hydrogen) atoms. The van der Waals surface area contributed by atoms with Crippen molar-refractivity contribution in [1.82, 2.24) is 0 Å². The van der Waals surface area contributed by atoms with Crippen molar-refractivity contribution in [2.24, 2.45) is 0 Å². The maximum atomic E-state index is 12.6. The van der Waals surface area contributed by atoms with Gasteiger partial charge in [-0.25, -0.2) is 0 Å². The SMILES string of the molecule is O=C(Nc1ccc(Cl)c([N+](=O)[O-])c1)C1CCCc2ccccc21. The van der Waals surface area contributed by atoms with Crippen molar-refractivity contribution in [3.63, 3.8) is 0 Å². The quantitative estimate of drug-likeness (QED) is 0.673. The highest BCUT2D eigenvalue weighted by atomic mass is 35.5. The molecule has 0 radical (unpaired) electrons. The van der Waals surface area contributed by atoms with Gasteiger partial charge in [0.2, 0.25) is 5.91 Å². The molecular formula is C17H15ClN2O3. The van der Waals surface area contributed by atoms with Gasteiger partial charge in [0, 0.05) is 11.8 Å². The van der Waals surface area contributed by atoms with E-state index in [1.807, 2.05) is 24.3 Å². The van der Waals surface area contributed by atoms with Gasteiger partial charge in [0.25, 0.3) is 5.69 Å². The predicted molar refractivity (Wildman–Crippen MR) is 88.9 cm³/mol. The van der Waals surface area contributed by atoms with Crippen molar-refractivity contribution in [3.8, 4) is 0 Å². The highest BCUT2D eigenvalue weighted by Crippen LogP contribution is 2.33. The molecule has 1 N–H and O–H groups in total. The standard InChI is InChI=1S/C17H15ClN2O3/c18-15-9-8-12(10-16(15)20(22)23)19-17(21)14-7-3-5-11-4-1-2-6-13(11)14/h1-2,4,6,8-10,14H,3,5,7H2,(H,19,21). The third-order valence-electron chi connectivity index (χ3n) is 4.10. The van der Waals surface area contributed by atoms with E-state index in [1.165, 1.54) is 17.7 Å². The van der Waals surface area contributed by atoms with Gasteiger partial charge in [-0.3, -0.25) is 14.9 Å². The zero-order valence-electron chi connectivity index (χ0n) is 12.3. The van der Waals surface area contributed by atoms with Crippen LogP contribution in [0.5, 0.6) is 0 Å². The minimum atomic E-state index is -0.562. The van der Waals surface area contributed by atoms with Crippen molar-refractivity contribution < 1.29 is 9.72 Å². The van der Waals surface area contributed by atoms with E-state index in [0.717, 1.165) is 24.8 Å². The van der Waals surface area contributed by atoms with Crippen LogP contribution in [0.4, 0.5) is 11.4 Å². The van der Waals surface area contributed by atoms with Gasteiger partial charge < -0.3 is 5.32 Å². The number of fused-ring (bicyclic) bond motifs is 1. The molecule has 5 nitrogen and oxygen atoms in total. The molecular weight excluding hydrogens is 316 g/mol. The summed E-state index contributed by atoms with van der Waals surface area (Å²) in [5.41, 5.74) is 2.41. The number of anilines is 1. The fourth-order valence-corrected chi connectivity index (χ4v) is 3.17. The van der Waals surface area contributed by atoms with Crippen LogP contribution in [0.25, 0.3) is 0 Å². The van der Waals surface area contributed by atoms with Gasteiger partial charge in [0.1, 0.15) is 5.02 Å². The van der Waals surface area contributed by atoms with Crippen LogP contribution in [0.2, 0.25) is 5.02 Å². The van der Waals surface area contributed by atoms with Crippen molar-refractivity contribution in [3.05, 3.63) is 68.7 Å². The molecule has 1 atom stereocenters. The second-order valence-electron chi connectivity index (χ2n) is 5.56. The number of carbonyl (C=O) groups excluding carboxylic acids is 1. The van der Waals surface area contributed by atoms with E-state index in [-0.39, 0.29) is 22.5 Å². The number of carbonyl (C=O) groups is 1. The molecule has 0 fully saturated rings. The smallest absolute Gasteiger partial charge is 0.289 e. The van der Waals surface area contributed by atoms with E-state index in [2.05, 4.69) is 5.32 Å². The Balaban J connectivity index is 1.83. The lowest BCUT2D eigenvalue weighted by atomic mass is 9.82. The molecule has 118 valence electrons. The van der Waals surface area contributed by atoms with Crippen molar-refractivity contribution >= 4 is 28.9 Å². The van der Waals surface area contributed by atoms with Gasteiger partial charge in [-0.1, -0.05) is 35.9 Å². The summed E-state index contributed by atoms with van der Waals surface area (Å²) < 4.78 is 0. The first-order chi connectivity index (χ1) is 11.1. The Hall–Kier alpha value is -2.40. The molecule has 1 amide bonds.